The summed E-state index contributed by atoms with van der Waals surface area (Å²) in [5.74, 6) is -0.0155. The summed E-state index contributed by atoms with van der Waals surface area (Å²) in [6.07, 6.45) is 0.299. The number of carbonyl (C=O) groups excluding carboxylic acids is 1. The second-order valence-electron chi connectivity index (χ2n) is 6.21. The van der Waals surface area contributed by atoms with Gasteiger partial charge in [-0.05, 0) is 26.8 Å². The van der Waals surface area contributed by atoms with Crippen molar-refractivity contribution in [3.8, 4) is 10.6 Å². The number of hydrogen-bond acceptors (Lipinski definition) is 4. The summed E-state index contributed by atoms with van der Waals surface area (Å²) >= 11 is 1.57. The molecule has 1 N–H and O–H groups in total. The second kappa shape index (κ2) is 7.61. The van der Waals surface area contributed by atoms with E-state index in [0.717, 1.165) is 27.7 Å². The van der Waals surface area contributed by atoms with E-state index in [1.807, 2.05) is 60.3 Å². The summed E-state index contributed by atoms with van der Waals surface area (Å²) in [4.78, 5) is 16.8. The van der Waals surface area contributed by atoms with Crippen molar-refractivity contribution < 1.29 is 4.79 Å². The zero-order valence-corrected chi connectivity index (χ0v) is 15.5. The number of aromatic nitrogens is 3. The molecule has 1 amide bonds. The average molecular weight is 354 g/mol. The van der Waals surface area contributed by atoms with E-state index in [4.69, 9.17) is 0 Å². The molecule has 3 rings (SSSR count). The molecular weight excluding hydrogens is 332 g/mol. The van der Waals surface area contributed by atoms with Gasteiger partial charge in [0.25, 0.3) is 0 Å². The van der Waals surface area contributed by atoms with Gasteiger partial charge in [0, 0.05) is 23.2 Å². The predicted octanol–water partition coefficient (Wildman–Crippen LogP) is 3.54. The van der Waals surface area contributed by atoms with Gasteiger partial charge in [-0.3, -0.25) is 9.48 Å². The van der Waals surface area contributed by atoms with Gasteiger partial charge in [-0.1, -0.05) is 30.3 Å². The summed E-state index contributed by atoms with van der Waals surface area (Å²) in [7, 11) is 0. The average Bonchev–Trinajstić information content (AvgIpc) is 3.19. The summed E-state index contributed by atoms with van der Waals surface area (Å²) in [5, 5.41) is 10.3. The van der Waals surface area contributed by atoms with Gasteiger partial charge < -0.3 is 5.32 Å². The Morgan fingerprint density at radius 1 is 1.28 bits per heavy atom. The maximum Gasteiger partial charge on any atom is 0.226 e. The van der Waals surface area contributed by atoms with E-state index < -0.39 is 0 Å². The van der Waals surface area contributed by atoms with E-state index in [9.17, 15) is 4.79 Å². The molecule has 0 radical (unpaired) electrons. The molecule has 5 nitrogen and oxygen atoms in total. The summed E-state index contributed by atoms with van der Waals surface area (Å²) < 4.78 is 1.95. The minimum atomic E-state index is -0.0155. The number of nitrogens with one attached hydrogen (secondary N) is 1. The van der Waals surface area contributed by atoms with Crippen molar-refractivity contribution in [2.75, 3.05) is 6.54 Å². The van der Waals surface area contributed by atoms with Gasteiger partial charge in [0.15, 0.2) is 0 Å². The Morgan fingerprint density at radius 2 is 2.04 bits per heavy atom. The molecule has 2 aromatic heterocycles. The van der Waals surface area contributed by atoms with Gasteiger partial charge in [0.2, 0.25) is 5.91 Å². The normalized spacial score (nSPS) is 12.1. The van der Waals surface area contributed by atoms with Crippen LogP contribution < -0.4 is 5.32 Å². The number of benzene rings is 1. The van der Waals surface area contributed by atoms with Crippen molar-refractivity contribution in [2.45, 2.75) is 33.2 Å². The highest BCUT2D eigenvalue weighted by Crippen LogP contribution is 2.23. The van der Waals surface area contributed by atoms with E-state index in [-0.39, 0.29) is 11.9 Å². The summed E-state index contributed by atoms with van der Waals surface area (Å²) in [5.41, 5.74) is 3.98. The summed E-state index contributed by atoms with van der Waals surface area (Å²) in [6, 6.07) is 12.2. The molecule has 0 saturated heterocycles. The number of nitrogens with zero attached hydrogens (tertiary/aromatic N) is 3. The summed E-state index contributed by atoms with van der Waals surface area (Å²) in [6.45, 7) is 6.60. The highest BCUT2D eigenvalue weighted by molar-refractivity contribution is 7.13. The number of rotatable bonds is 6. The Bertz CT molecular complexity index is 853. The number of thiazole rings is 1. The molecule has 0 saturated carbocycles. The van der Waals surface area contributed by atoms with E-state index in [1.165, 1.54) is 0 Å². The molecule has 0 aliphatic heterocycles. The van der Waals surface area contributed by atoms with Crippen LogP contribution in [0.25, 0.3) is 10.6 Å². The van der Waals surface area contributed by atoms with Crippen LogP contribution in [0.4, 0.5) is 0 Å². The van der Waals surface area contributed by atoms with E-state index >= 15 is 0 Å². The molecule has 0 unspecified atom stereocenters. The zero-order valence-electron chi connectivity index (χ0n) is 14.7. The van der Waals surface area contributed by atoms with Crippen LogP contribution in [0.2, 0.25) is 0 Å². The van der Waals surface area contributed by atoms with E-state index in [0.29, 0.717) is 13.0 Å². The molecule has 25 heavy (non-hydrogen) atoms. The highest BCUT2D eigenvalue weighted by Gasteiger charge is 2.13. The van der Waals surface area contributed by atoms with Crippen LogP contribution in [-0.2, 0) is 11.2 Å². The first-order valence-corrected chi connectivity index (χ1v) is 9.20. The molecule has 3 aromatic rings. The first-order valence-electron chi connectivity index (χ1n) is 8.32. The van der Waals surface area contributed by atoms with Gasteiger partial charge >= 0.3 is 0 Å². The first-order chi connectivity index (χ1) is 12.0. The van der Waals surface area contributed by atoms with Crippen molar-refractivity contribution in [2.24, 2.45) is 0 Å². The van der Waals surface area contributed by atoms with Crippen LogP contribution in [0.1, 0.15) is 30.0 Å². The molecule has 0 aliphatic carbocycles. The monoisotopic (exact) mass is 354 g/mol. The van der Waals surface area contributed by atoms with Crippen molar-refractivity contribution in [1.82, 2.24) is 20.1 Å². The quantitative estimate of drug-likeness (QED) is 0.736. The smallest absolute Gasteiger partial charge is 0.226 e. The van der Waals surface area contributed by atoms with Crippen LogP contribution >= 0.6 is 11.3 Å². The Labute approximate surface area is 151 Å². The number of hydrogen-bond donors (Lipinski definition) is 1. The van der Waals surface area contributed by atoms with E-state index in [2.05, 4.69) is 22.3 Å². The predicted molar refractivity (Wildman–Crippen MR) is 101 cm³/mol. The van der Waals surface area contributed by atoms with Gasteiger partial charge in [0.1, 0.15) is 5.01 Å². The SMILES string of the molecule is Cc1cc(C)n([C@H](C)CNC(=O)Cc2csc(-c3ccccc3)n2)n1. The molecule has 2 heterocycles. The molecule has 1 atom stereocenters. The largest absolute Gasteiger partial charge is 0.354 e. The maximum atomic E-state index is 12.2. The Balaban J connectivity index is 1.55. The lowest BCUT2D eigenvalue weighted by molar-refractivity contribution is -0.120. The number of amides is 1. The van der Waals surface area contributed by atoms with Gasteiger partial charge in [-0.2, -0.15) is 5.10 Å². The first kappa shape index (κ1) is 17.4. The fraction of sp³-hybridized carbons (Fsp3) is 0.316. The van der Waals surface area contributed by atoms with Gasteiger partial charge in [0.05, 0.1) is 23.9 Å². The van der Waals surface area contributed by atoms with Crippen molar-refractivity contribution in [3.05, 3.63) is 58.9 Å². The number of aryl methyl sites for hydroxylation is 2. The zero-order chi connectivity index (χ0) is 17.8. The minimum Gasteiger partial charge on any atom is -0.354 e. The topological polar surface area (TPSA) is 59.8 Å². The van der Waals surface area contributed by atoms with Crippen LogP contribution in [-0.4, -0.2) is 27.2 Å². The van der Waals surface area contributed by atoms with Crippen molar-refractivity contribution in [1.29, 1.82) is 0 Å². The Kier molecular flexibility index (Phi) is 5.28. The molecule has 0 spiro atoms. The third-order valence-electron chi connectivity index (χ3n) is 3.97. The highest BCUT2D eigenvalue weighted by atomic mass is 32.1. The molecule has 0 fully saturated rings. The Hall–Kier alpha value is -2.47. The lowest BCUT2D eigenvalue weighted by Gasteiger charge is -2.15. The van der Waals surface area contributed by atoms with Gasteiger partial charge in [-0.15, -0.1) is 11.3 Å². The van der Waals surface area contributed by atoms with Crippen molar-refractivity contribution >= 4 is 17.2 Å². The lowest BCUT2D eigenvalue weighted by atomic mass is 10.2. The number of carbonyl (C=O) groups is 1. The van der Waals surface area contributed by atoms with Crippen LogP contribution in [0.15, 0.2) is 41.8 Å². The minimum absolute atomic E-state index is 0.0155. The third-order valence-corrected chi connectivity index (χ3v) is 4.91. The maximum absolute atomic E-state index is 12.2. The molecule has 0 bridgehead atoms. The molecule has 130 valence electrons. The molecule has 0 aliphatic rings. The fourth-order valence-electron chi connectivity index (χ4n) is 2.77. The molecular formula is C19H22N4OS. The lowest BCUT2D eigenvalue weighted by Crippen LogP contribution is -2.31. The van der Waals surface area contributed by atoms with Crippen LogP contribution in [0.5, 0.6) is 0 Å². The van der Waals surface area contributed by atoms with E-state index in [1.54, 1.807) is 11.3 Å². The fourth-order valence-corrected chi connectivity index (χ4v) is 3.59. The van der Waals surface area contributed by atoms with Crippen LogP contribution in [0.3, 0.4) is 0 Å². The third kappa shape index (κ3) is 4.33. The second-order valence-corrected chi connectivity index (χ2v) is 7.07. The Morgan fingerprint density at radius 3 is 2.72 bits per heavy atom. The standard InChI is InChI=1S/C19H22N4OS/c1-13-9-14(2)23(22-13)15(3)11-20-18(24)10-17-12-25-19(21-17)16-7-5-4-6-8-16/h4-9,12,15H,10-11H2,1-3H3,(H,20,24)/t15-/m1/s1. The molecule has 1 aromatic carbocycles. The van der Waals surface area contributed by atoms with Gasteiger partial charge in [-0.25, -0.2) is 4.98 Å². The van der Waals surface area contributed by atoms with Crippen LogP contribution in [0, 0.1) is 13.8 Å². The molecule has 6 heteroatoms. The van der Waals surface area contributed by atoms with Crippen molar-refractivity contribution in [3.63, 3.8) is 0 Å².